The molecule has 9 heteroatoms. The molecule has 1 atom stereocenters. The Kier molecular flexibility index (Phi) is 5.77. The molecule has 1 heterocycles. The molecule has 1 aliphatic rings. The molecule has 6 nitrogen and oxygen atoms in total. The van der Waals surface area contributed by atoms with E-state index < -0.39 is 21.0 Å². The summed E-state index contributed by atoms with van der Waals surface area (Å²) >= 11 is 1.30. The first-order valence-electron chi connectivity index (χ1n) is 9.08. The van der Waals surface area contributed by atoms with E-state index in [1.54, 1.807) is 26.8 Å². The van der Waals surface area contributed by atoms with Crippen LogP contribution in [0.3, 0.4) is 0 Å². The lowest BCUT2D eigenvalue weighted by Crippen LogP contribution is -2.46. The van der Waals surface area contributed by atoms with E-state index in [0.29, 0.717) is 36.3 Å². The fraction of sp³-hybridized carbons (Fsp3) is 0.611. The molecule has 0 amide bonds. The second-order valence-electron chi connectivity index (χ2n) is 8.07. The van der Waals surface area contributed by atoms with E-state index in [-0.39, 0.29) is 17.8 Å². The monoisotopic (exact) mass is 415 g/mol. The lowest BCUT2D eigenvalue weighted by Gasteiger charge is -2.33. The zero-order valence-corrected chi connectivity index (χ0v) is 17.3. The van der Waals surface area contributed by atoms with Crippen molar-refractivity contribution in [3.05, 3.63) is 24.0 Å². The molecule has 0 saturated heterocycles. The number of hydrogen-bond donors (Lipinski definition) is 3. The average Bonchev–Trinajstić information content (AvgIpc) is 2.95. The Morgan fingerprint density at radius 1 is 1.26 bits per heavy atom. The summed E-state index contributed by atoms with van der Waals surface area (Å²) in [5.74, 6) is -0.293. The second-order valence-corrected chi connectivity index (χ2v) is 11.6. The van der Waals surface area contributed by atoms with Gasteiger partial charge in [-0.05, 0) is 64.7 Å². The third-order valence-corrected chi connectivity index (χ3v) is 8.17. The predicted octanol–water partition coefficient (Wildman–Crippen LogP) is 3.44. The number of nitrogens with one attached hydrogen (secondary N) is 2. The third kappa shape index (κ3) is 4.77. The molecule has 1 saturated carbocycles. The highest BCUT2D eigenvalue weighted by Gasteiger charge is 2.34. The van der Waals surface area contributed by atoms with Crippen LogP contribution < -0.4 is 10.0 Å². The maximum atomic E-state index is 13.3. The summed E-state index contributed by atoms with van der Waals surface area (Å²) in [7, 11) is -3.37. The molecule has 0 bridgehead atoms. The number of hydrogen-bond acceptors (Lipinski definition) is 6. The number of rotatable bonds is 5. The smallest absolute Gasteiger partial charge is 0.216 e. The largest absolute Gasteiger partial charge is 0.373 e. The van der Waals surface area contributed by atoms with Crippen molar-refractivity contribution in [1.82, 2.24) is 9.71 Å². The molecule has 27 heavy (non-hydrogen) atoms. The number of anilines is 1. The zero-order valence-electron chi connectivity index (χ0n) is 15.7. The van der Waals surface area contributed by atoms with Crippen molar-refractivity contribution in [2.75, 3.05) is 5.32 Å². The molecule has 3 N–H and O–H groups in total. The minimum absolute atomic E-state index is 0.0177. The molecule has 1 aromatic carbocycles. The van der Waals surface area contributed by atoms with Crippen LogP contribution in [0.2, 0.25) is 0 Å². The summed E-state index contributed by atoms with van der Waals surface area (Å²) in [4.78, 5) is 4.37. The number of fused-ring (bicyclic) bond motifs is 1. The highest BCUT2D eigenvalue weighted by Crippen LogP contribution is 2.31. The molecule has 0 aliphatic heterocycles. The number of aliphatic hydroxyl groups excluding tert-OH is 1. The van der Waals surface area contributed by atoms with Gasteiger partial charge in [-0.15, -0.1) is 0 Å². The molecule has 0 spiro atoms. The summed E-state index contributed by atoms with van der Waals surface area (Å²) in [5, 5.41) is 14.1. The van der Waals surface area contributed by atoms with Gasteiger partial charge in [-0.25, -0.2) is 22.5 Å². The lowest BCUT2D eigenvalue weighted by atomic mass is 9.85. The van der Waals surface area contributed by atoms with Crippen molar-refractivity contribution in [3.63, 3.8) is 0 Å². The molecule has 1 unspecified atom stereocenters. The Balaban J connectivity index is 1.56. The van der Waals surface area contributed by atoms with E-state index in [4.69, 9.17) is 0 Å². The van der Waals surface area contributed by atoms with Gasteiger partial charge in [-0.3, -0.25) is 0 Å². The average molecular weight is 416 g/mol. The van der Waals surface area contributed by atoms with Crippen LogP contribution in [0.5, 0.6) is 0 Å². The molecule has 1 aliphatic carbocycles. The Labute approximate surface area is 163 Å². The topological polar surface area (TPSA) is 91.3 Å². The quantitative estimate of drug-likeness (QED) is 0.651. The first-order chi connectivity index (χ1) is 12.5. The van der Waals surface area contributed by atoms with E-state index in [2.05, 4.69) is 15.0 Å². The maximum Gasteiger partial charge on any atom is 0.216 e. The van der Waals surface area contributed by atoms with Crippen molar-refractivity contribution in [2.45, 2.75) is 63.5 Å². The van der Waals surface area contributed by atoms with Gasteiger partial charge in [0.05, 0.1) is 15.0 Å². The number of thiazole rings is 1. The van der Waals surface area contributed by atoms with Crippen molar-refractivity contribution in [3.8, 4) is 0 Å². The Hall–Kier alpha value is -1.29. The van der Waals surface area contributed by atoms with Gasteiger partial charge in [0.25, 0.3) is 0 Å². The molecule has 0 radical (unpaired) electrons. The highest BCUT2D eigenvalue weighted by atomic mass is 32.2. The molecule has 2 aromatic rings. The number of sulfonamides is 1. The van der Waals surface area contributed by atoms with Crippen molar-refractivity contribution in [2.24, 2.45) is 5.92 Å². The van der Waals surface area contributed by atoms with Gasteiger partial charge in [-0.2, -0.15) is 0 Å². The maximum absolute atomic E-state index is 13.3. The van der Waals surface area contributed by atoms with Crippen molar-refractivity contribution < 1.29 is 17.9 Å². The van der Waals surface area contributed by atoms with Crippen LogP contribution in [0.4, 0.5) is 9.52 Å². The molecule has 150 valence electrons. The van der Waals surface area contributed by atoms with Crippen molar-refractivity contribution in [1.29, 1.82) is 0 Å². The fourth-order valence-electron chi connectivity index (χ4n) is 3.15. The standard InChI is InChI=1S/C18H26FN3O3S2/c1-18(2,3)27(24,25)22-13-7-4-11(5-8-13)16(23)21-17-20-14-9-6-12(19)10-15(14)26-17/h6,9-11,13,16,22-23H,4-5,7-8H2,1-3H3,(H,20,21)/t11-,13-,16?. The van der Waals surface area contributed by atoms with Crippen LogP contribution in [0, 0.1) is 11.7 Å². The SMILES string of the molecule is CC(C)(C)S(=O)(=O)N[C@H]1CC[C@H](C(O)Nc2nc3ccc(F)cc3s2)CC1. The Bertz CT molecular complexity index is 900. The number of aliphatic hydroxyl groups is 1. The molecule has 1 aromatic heterocycles. The van der Waals surface area contributed by atoms with Gasteiger partial charge in [0.15, 0.2) is 5.13 Å². The summed E-state index contributed by atoms with van der Waals surface area (Å²) < 4.78 is 40.5. The van der Waals surface area contributed by atoms with Crippen molar-refractivity contribution >= 4 is 36.7 Å². The van der Waals surface area contributed by atoms with Gasteiger partial charge < -0.3 is 10.4 Å². The molecular weight excluding hydrogens is 389 g/mol. The normalized spacial score (nSPS) is 22.7. The molecule has 3 rings (SSSR count). The minimum atomic E-state index is -3.37. The minimum Gasteiger partial charge on any atom is -0.373 e. The van der Waals surface area contributed by atoms with Gasteiger partial charge in [0.1, 0.15) is 12.0 Å². The third-order valence-electron chi connectivity index (χ3n) is 4.97. The first kappa shape index (κ1) is 20.4. The van der Waals surface area contributed by atoms with E-state index in [1.165, 1.54) is 23.5 Å². The number of aromatic nitrogens is 1. The lowest BCUT2D eigenvalue weighted by molar-refractivity contribution is 0.103. The van der Waals surface area contributed by atoms with Crippen LogP contribution in [0.15, 0.2) is 18.2 Å². The van der Waals surface area contributed by atoms with E-state index in [0.717, 1.165) is 4.70 Å². The van der Waals surface area contributed by atoms with Crippen LogP contribution in [0.25, 0.3) is 10.2 Å². The molecule has 1 fully saturated rings. The van der Waals surface area contributed by atoms with Gasteiger partial charge in [-0.1, -0.05) is 11.3 Å². The van der Waals surface area contributed by atoms with Crippen LogP contribution in [-0.4, -0.2) is 35.5 Å². The number of benzene rings is 1. The highest BCUT2D eigenvalue weighted by molar-refractivity contribution is 7.90. The van der Waals surface area contributed by atoms with Crippen LogP contribution in [0.1, 0.15) is 46.5 Å². The van der Waals surface area contributed by atoms with Crippen LogP contribution in [-0.2, 0) is 10.0 Å². The van der Waals surface area contributed by atoms with Gasteiger partial charge >= 0.3 is 0 Å². The summed E-state index contributed by atoms with van der Waals surface area (Å²) in [6, 6.07) is 4.31. The summed E-state index contributed by atoms with van der Waals surface area (Å²) in [6.45, 7) is 5.04. The van der Waals surface area contributed by atoms with E-state index >= 15 is 0 Å². The zero-order chi connectivity index (χ0) is 19.8. The number of halogens is 1. The van der Waals surface area contributed by atoms with Gasteiger partial charge in [0.2, 0.25) is 10.0 Å². The van der Waals surface area contributed by atoms with Gasteiger partial charge in [0, 0.05) is 12.0 Å². The Morgan fingerprint density at radius 2 is 1.93 bits per heavy atom. The summed E-state index contributed by atoms with van der Waals surface area (Å²) in [6.07, 6.45) is 2.03. The van der Waals surface area contributed by atoms with Crippen LogP contribution >= 0.6 is 11.3 Å². The fourth-order valence-corrected chi connectivity index (χ4v) is 5.10. The first-order valence-corrected chi connectivity index (χ1v) is 11.4. The Morgan fingerprint density at radius 3 is 2.56 bits per heavy atom. The van der Waals surface area contributed by atoms with E-state index in [9.17, 15) is 17.9 Å². The van der Waals surface area contributed by atoms with E-state index in [1.807, 2.05) is 0 Å². The summed E-state index contributed by atoms with van der Waals surface area (Å²) in [5.41, 5.74) is 0.691. The number of nitrogens with zero attached hydrogens (tertiary/aromatic N) is 1. The predicted molar refractivity (Wildman–Crippen MR) is 107 cm³/mol. The second kappa shape index (κ2) is 7.62. The molecular formula is C18H26FN3O3S2.